The number of ketones is 7. The van der Waals surface area contributed by atoms with Gasteiger partial charge < -0.3 is 35.4 Å². The Morgan fingerprint density at radius 1 is 0.227 bits per heavy atom. The lowest BCUT2D eigenvalue weighted by Gasteiger charge is -2.41. The molecule has 0 aromatic heterocycles. The van der Waals surface area contributed by atoms with Crippen molar-refractivity contribution in [2.24, 2.45) is 0 Å². The maximum atomic E-state index is 13.7. The number of hydrogen-bond donors (Lipinski definition) is 6. The van der Waals surface area contributed by atoms with E-state index in [9.17, 15) is 67.1 Å². The molecule has 0 amide bonds. The van der Waals surface area contributed by atoms with Crippen molar-refractivity contribution in [3.05, 3.63) is 469 Å². The first-order valence-corrected chi connectivity index (χ1v) is 40.2. The molecule has 3 aliphatic carbocycles. The molecule has 0 spiro atoms. The first-order chi connectivity index (χ1) is 61.7. The largest absolute Gasteiger partial charge is 0.478 e. The molecule has 0 radical (unpaired) electrons. The van der Waals surface area contributed by atoms with E-state index >= 15 is 0 Å². The number of aliphatic carboxylic acids is 6. The van der Waals surface area contributed by atoms with Gasteiger partial charge in [-0.3, -0.25) is 38.4 Å². The smallest absolute Gasteiger partial charge is 0.328 e. The highest BCUT2D eigenvalue weighted by Crippen LogP contribution is 2.60. The molecule has 15 rings (SSSR count). The maximum Gasteiger partial charge on any atom is 0.328 e. The summed E-state index contributed by atoms with van der Waals surface area (Å²) in [5.41, 5.74) is 18.0. The highest BCUT2D eigenvalue weighted by molar-refractivity contribution is 6.14. The molecule has 21 nitrogen and oxygen atoms in total. The van der Waals surface area contributed by atoms with Crippen molar-refractivity contribution in [3.8, 4) is 28.0 Å². The summed E-state index contributed by atoms with van der Waals surface area (Å²) in [5.74, 6) is -8.74. The Morgan fingerprint density at radius 3 is 0.656 bits per heavy atom. The Hall–Kier alpha value is -16.9. The third-order valence-corrected chi connectivity index (χ3v) is 22.4. The molecule has 0 saturated carbocycles. The van der Waals surface area contributed by atoms with E-state index in [1.54, 1.807) is 6.07 Å². The van der Waals surface area contributed by atoms with Crippen LogP contribution in [0.25, 0.3) is 22.3 Å². The van der Waals surface area contributed by atoms with Gasteiger partial charge in [-0.15, -0.1) is 0 Å². The second-order valence-corrected chi connectivity index (χ2v) is 30.3. The Labute approximate surface area is 733 Å². The first-order valence-electron chi connectivity index (χ1n) is 40.2. The predicted octanol–water partition coefficient (Wildman–Crippen LogP) is 15.8. The van der Waals surface area contributed by atoms with Gasteiger partial charge >= 0.3 is 35.8 Å². The fraction of sp³-hybridized carbons (Fsp3) is 0.0841. The van der Waals surface area contributed by atoms with Crippen LogP contribution in [-0.4, -0.2) is 113 Å². The summed E-state index contributed by atoms with van der Waals surface area (Å²) in [6, 6.07) is 90.5. The molecule has 0 bridgehead atoms. The van der Waals surface area contributed by atoms with Gasteiger partial charge in [0, 0.05) is 91.7 Å². The summed E-state index contributed by atoms with van der Waals surface area (Å²) in [4.78, 5) is 164. The molecular weight excluding hydrogens is 1620 g/mol. The van der Waals surface area contributed by atoms with Gasteiger partial charge in [-0.25, -0.2) is 28.8 Å². The van der Waals surface area contributed by atoms with Crippen LogP contribution in [-0.2, 0) is 117 Å². The average Bonchev–Trinajstić information content (AvgIpc) is 1.50. The molecule has 6 N–H and O–H groups in total. The van der Waals surface area contributed by atoms with Crippen LogP contribution < -0.4 is 4.74 Å². The van der Waals surface area contributed by atoms with Crippen LogP contribution in [0.15, 0.2) is 358 Å². The lowest BCUT2D eigenvalue weighted by atomic mass is 9.59. The SMILES string of the molecule is O=C(O)/C=C/C(=O)Cc1ccc(C2(c3ccc(CC(=O)/C=C/C(=O)O)cc3)c3ccccc3-c3ccccc32)cc1.O=C(O)/C=C/C(=O)Cc1ccc(C2(c3ccc(CC(=O)/C=C/C(=O)O)cc3)c3ccccc3C(=O)c3ccccc32)cc1.O=COc1cccc2c1-c1ccccc1C2(c1ccc(CC(=O)/C=C/C(=O)O)cc1)c1ccc(CC(=O)/C=C/C(=O)O)cc1. The average molecular weight is 1700 g/mol. The van der Waals surface area contributed by atoms with Gasteiger partial charge in [0.15, 0.2) is 40.5 Å². The number of ether oxygens (including phenoxy) is 1. The van der Waals surface area contributed by atoms with E-state index < -0.39 is 52.1 Å². The molecule has 12 aromatic carbocycles. The zero-order chi connectivity index (χ0) is 90.8. The third kappa shape index (κ3) is 19.3. The zero-order valence-corrected chi connectivity index (χ0v) is 68.2. The summed E-state index contributed by atoms with van der Waals surface area (Å²) in [5, 5.41) is 52.9. The fourth-order valence-corrected chi connectivity index (χ4v) is 17.1. The molecule has 0 atom stereocenters. The maximum absolute atomic E-state index is 13.7. The number of carbonyl (C=O) groups excluding carboxylic acids is 8. The number of allylic oxidation sites excluding steroid dienone is 6. The summed E-state index contributed by atoms with van der Waals surface area (Å²) in [6.07, 6.45) is 11.6. The summed E-state index contributed by atoms with van der Waals surface area (Å²) >= 11 is 0. The van der Waals surface area contributed by atoms with Gasteiger partial charge in [-0.05, 0) is 159 Å². The molecular formula is C107H78O21. The van der Waals surface area contributed by atoms with Crippen molar-refractivity contribution in [1.82, 2.24) is 0 Å². The summed E-state index contributed by atoms with van der Waals surface area (Å²) in [7, 11) is 0. The van der Waals surface area contributed by atoms with Crippen LogP contribution in [0.5, 0.6) is 5.75 Å². The third-order valence-electron chi connectivity index (χ3n) is 22.4. The van der Waals surface area contributed by atoms with Gasteiger partial charge in [-0.2, -0.15) is 0 Å². The van der Waals surface area contributed by atoms with E-state index in [2.05, 4.69) is 24.3 Å². The monoisotopic (exact) mass is 1700 g/mol. The number of carbonyl (C=O) groups is 14. The molecule has 3 aliphatic rings. The standard InChI is InChI=1S/C36H26O8.C36H26O7.C35H26O6/c37-22-44-32-7-3-6-31-35(32)29-4-1-2-5-30(29)36(31,25-12-8-23(9-13-25)20-27(38)16-18-33(40)41)26-14-10-24(11-15-26)21-28(39)17-19-34(42)43;37-27(17-19-33(39)40)21-23-9-13-25(14-10-23)36(26-15-11-24(12-16-26)22-28(38)18-20-34(41)42)31-7-3-1-5-29(31)35(43)30-6-2-4-8-32(30)36;36-27(17-19-33(38)39)21-23-9-13-25(14-10-23)35(26-15-11-24(12-16-26)22-28(37)18-20-34(40)41)31-7-3-1-5-29(31)30-6-2-4-8-32(30)35/h1-19,22H,20-21H2,(H,40,41)(H,42,43);1-20H,21-22H2,(H,39,40)(H,41,42);1-20H,21-22H2,(H,38,39)(H,40,41)/b18-16+,19-17+;2*19-17+,20-18+. The van der Waals surface area contributed by atoms with Gasteiger partial charge in [0.1, 0.15) is 5.75 Å². The van der Waals surface area contributed by atoms with Gasteiger partial charge in [0.2, 0.25) is 0 Å². The minimum Gasteiger partial charge on any atom is -0.478 e. The summed E-state index contributed by atoms with van der Waals surface area (Å²) < 4.78 is 5.42. The van der Waals surface area contributed by atoms with Crippen molar-refractivity contribution < 1.29 is 102 Å². The Bertz CT molecular complexity index is 6270. The van der Waals surface area contributed by atoms with Gasteiger partial charge in [0.05, 0.1) is 16.2 Å². The number of rotatable bonds is 32. The Balaban J connectivity index is 0.000000164. The van der Waals surface area contributed by atoms with Crippen molar-refractivity contribution in [1.29, 1.82) is 0 Å². The van der Waals surface area contributed by atoms with E-state index in [4.69, 9.17) is 35.4 Å². The molecule has 128 heavy (non-hydrogen) atoms. The van der Waals surface area contributed by atoms with Crippen LogP contribution in [0.1, 0.15) is 116 Å². The van der Waals surface area contributed by atoms with Crippen LogP contribution in [0.3, 0.4) is 0 Å². The van der Waals surface area contributed by atoms with E-state index in [0.29, 0.717) is 45.6 Å². The molecule has 632 valence electrons. The molecule has 0 unspecified atom stereocenters. The van der Waals surface area contributed by atoms with Crippen molar-refractivity contribution >= 4 is 82.8 Å². The van der Waals surface area contributed by atoms with Crippen molar-refractivity contribution in [2.75, 3.05) is 0 Å². The summed E-state index contributed by atoms with van der Waals surface area (Å²) in [6.45, 7) is 0.396. The van der Waals surface area contributed by atoms with E-state index in [1.165, 1.54) is 0 Å². The molecule has 0 aliphatic heterocycles. The van der Waals surface area contributed by atoms with Crippen molar-refractivity contribution in [3.63, 3.8) is 0 Å². The van der Waals surface area contributed by atoms with E-state index in [-0.39, 0.29) is 79.0 Å². The minimum absolute atomic E-state index is 0.0284. The predicted molar refractivity (Wildman–Crippen MR) is 475 cm³/mol. The first kappa shape index (κ1) is 88.8. The Kier molecular flexibility index (Phi) is 27.4. The Morgan fingerprint density at radius 2 is 0.422 bits per heavy atom. The van der Waals surface area contributed by atoms with Gasteiger partial charge in [0.25, 0.3) is 6.47 Å². The zero-order valence-electron chi connectivity index (χ0n) is 68.2. The molecule has 21 heteroatoms. The highest BCUT2D eigenvalue weighted by Gasteiger charge is 2.50. The number of carboxylic acid groups (broad SMARTS) is 6. The number of hydrogen-bond acceptors (Lipinski definition) is 15. The second-order valence-electron chi connectivity index (χ2n) is 30.3. The van der Waals surface area contributed by atoms with Crippen LogP contribution in [0.2, 0.25) is 0 Å². The van der Waals surface area contributed by atoms with Crippen molar-refractivity contribution in [2.45, 2.75) is 54.8 Å². The van der Waals surface area contributed by atoms with Crippen LogP contribution in [0.4, 0.5) is 0 Å². The van der Waals surface area contributed by atoms with Crippen LogP contribution >= 0.6 is 0 Å². The minimum atomic E-state index is -1.20. The lowest BCUT2D eigenvalue weighted by molar-refractivity contribution is -0.132. The lowest BCUT2D eigenvalue weighted by Crippen LogP contribution is -2.38. The fourth-order valence-electron chi connectivity index (χ4n) is 17.1. The number of fused-ring (bicyclic) bond motifs is 8. The molecule has 0 heterocycles. The molecule has 0 fully saturated rings. The normalized spacial score (nSPS) is 13.2. The topological polar surface area (TPSA) is 370 Å². The quantitative estimate of drug-likeness (QED) is 0.0168. The number of benzene rings is 12. The van der Waals surface area contributed by atoms with Gasteiger partial charge in [-0.1, -0.05) is 279 Å². The highest BCUT2D eigenvalue weighted by atomic mass is 16.5. The second kappa shape index (κ2) is 39.5. The molecule has 0 saturated heterocycles. The van der Waals surface area contributed by atoms with E-state index in [0.717, 1.165) is 173 Å². The van der Waals surface area contributed by atoms with Crippen LogP contribution in [0, 0.1) is 0 Å². The number of carboxylic acids is 6. The molecule has 12 aromatic rings. The van der Waals surface area contributed by atoms with E-state index in [1.807, 2.05) is 255 Å².